The van der Waals surface area contributed by atoms with Crippen LogP contribution in [0.3, 0.4) is 0 Å². The lowest BCUT2D eigenvalue weighted by Crippen LogP contribution is -2.60. The molecule has 5 fully saturated rings. The smallest absolute Gasteiger partial charge is 0.310 e. The van der Waals surface area contributed by atoms with Crippen LogP contribution in [0.4, 0.5) is 0 Å². The number of halogens is 1. The van der Waals surface area contributed by atoms with E-state index in [-0.39, 0.29) is 21.6 Å². The number of hydrogen-bond donors (Lipinski definition) is 0. The van der Waals surface area contributed by atoms with Crippen LogP contribution in [0.5, 0.6) is 0 Å². The van der Waals surface area contributed by atoms with Gasteiger partial charge in [-0.25, -0.2) is 0 Å². The average molecular weight is 398 g/mol. The Kier molecular flexibility index (Phi) is 4.21. The normalized spacial score (nSPS) is 43.8. The number of carbonyl (C=O) groups is 2. The molecule has 4 nitrogen and oxygen atoms in total. The molecule has 1 heterocycles. The predicted octanol–water partition coefficient (Wildman–Crippen LogP) is 3.52. The second-order valence-electron chi connectivity index (χ2n) is 8.73. The van der Waals surface area contributed by atoms with E-state index in [4.69, 9.17) is 4.74 Å². The number of amides is 1. The molecule has 0 aromatic carbocycles. The summed E-state index contributed by atoms with van der Waals surface area (Å²) in [5.41, 5.74) is -0.163. The van der Waals surface area contributed by atoms with Crippen LogP contribution in [0.25, 0.3) is 0 Å². The van der Waals surface area contributed by atoms with Gasteiger partial charge in [0.05, 0.1) is 17.9 Å². The number of rotatable bonds is 3. The number of piperidine rings is 1. The van der Waals surface area contributed by atoms with Crippen LogP contribution in [0.1, 0.15) is 58.3 Å². The summed E-state index contributed by atoms with van der Waals surface area (Å²) >= 11 is 4.00. The first-order valence-electron chi connectivity index (χ1n) is 9.58. The van der Waals surface area contributed by atoms with Crippen molar-refractivity contribution >= 4 is 27.8 Å². The Morgan fingerprint density at radius 2 is 1.92 bits per heavy atom. The van der Waals surface area contributed by atoms with Gasteiger partial charge in [-0.1, -0.05) is 15.9 Å². The van der Waals surface area contributed by atoms with Crippen LogP contribution < -0.4 is 0 Å². The van der Waals surface area contributed by atoms with E-state index >= 15 is 0 Å². The highest BCUT2D eigenvalue weighted by atomic mass is 79.9. The SMILES string of the molecule is CCOC(=O)C1CCCN(C(=O)C23CC4CC(CC(Br)(C4)C2)C3)C1. The van der Waals surface area contributed by atoms with Crippen molar-refractivity contribution in [1.29, 1.82) is 0 Å². The van der Waals surface area contributed by atoms with Crippen molar-refractivity contribution in [2.45, 2.75) is 62.6 Å². The molecule has 5 aliphatic rings. The zero-order valence-electron chi connectivity index (χ0n) is 14.6. The second kappa shape index (κ2) is 6.00. The minimum absolute atomic E-state index is 0.127. The maximum Gasteiger partial charge on any atom is 0.310 e. The molecule has 0 radical (unpaired) electrons. The van der Waals surface area contributed by atoms with Crippen molar-refractivity contribution in [1.82, 2.24) is 4.90 Å². The Hall–Kier alpha value is -0.580. The Balaban J connectivity index is 1.50. The number of ether oxygens (including phenoxy) is 1. The van der Waals surface area contributed by atoms with Gasteiger partial charge in [-0.2, -0.15) is 0 Å². The van der Waals surface area contributed by atoms with Gasteiger partial charge < -0.3 is 9.64 Å². The summed E-state index contributed by atoms with van der Waals surface area (Å²) in [4.78, 5) is 27.6. The Morgan fingerprint density at radius 1 is 1.21 bits per heavy atom. The fraction of sp³-hybridized carbons (Fsp3) is 0.895. The summed E-state index contributed by atoms with van der Waals surface area (Å²) < 4.78 is 5.39. The van der Waals surface area contributed by atoms with Crippen LogP contribution in [0.15, 0.2) is 0 Å². The van der Waals surface area contributed by atoms with Gasteiger partial charge in [0.1, 0.15) is 0 Å². The first kappa shape index (κ1) is 16.9. The van der Waals surface area contributed by atoms with Crippen molar-refractivity contribution in [3.8, 4) is 0 Å². The third-order valence-electron chi connectivity index (χ3n) is 6.77. The van der Waals surface area contributed by atoms with Crippen LogP contribution in [-0.2, 0) is 14.3 Å². The van der Waals surface area contributed by atoms with Crippen LogP contribution >= 0.6 is 15.9 Å². The fourth-order valence-electron chi connectivity index (χ4n) is 6.35. The molecule has 1 amide bonds. The van der Waals surface area contributed by atoms with Crippen molar-refractivity contribution in [3.05, 3.63) is 0 Å². The van der Waals surface area contributed by atoms with Crippen molar-refractivity contribution in [2.75, 3.05) is 19.7 Å². The standard InChI is InChI=1S/C19H28BrNO3/c1-2-24-16(22)15-4-3-5-21(11-15)17(23)18-7-13-6-14(8-18)10-19(20,9-13)12-18/h13-15H,2-12H2,1H3. The number of nitrogens with zero attached hydrogens (tertiary/aromatic N) is 1. The highest BCUT2D eigenvalue weighted by molar-refractivity contribution is 9.10. The minimum atomic E-state index is -0.163. The monoisotopic (exact) mass is 397 g/mol. The van der Waals surface area contributed by atoms with Crippen molar-refractivity contribution in [3.63, 3.8) is 0 Å². The van der Waals surface area contributed by atoms with E-state index < -0.39 is 0 Å². The van der Waals surface area contributed by atoms with E-state index in [9.17, 15) is 9.59 Å². The molecule has 0 aromatic heterocycles. The summed E-state index contributed by atoms with van der Waals surface area (Å²) in [6.45, 7) is 3.63. The molecule has 24 heavy (non-hydrogen) atoms. The summed E-state index contributed by atoms with van der Waals surface area (Å²) in [5, 5.41) is 0. The molecule has 1 aliphatic heterocycles. The number of hydrogen-bond acceptors (Lipinski definition) is 3. The molecule has 5 rings (SSSR count). The lowest BCUT2D eigenvalue weighted by atomic mass is 9.49. The highest BCUT2D eigenvalue weighted by Crippen LogP contribution is 2.64. The van der Waals surface area contributed by atoms with Gasteiger partial charge in [-0.3, -0.25) is 9.59 Å². The Labute approximate surface area is 152 Å². The lowest BCUT2D eigenvalue weighted by molar-refractivity contribution is -0.160. The average Bonchev–Trinajstić information content (AvgIpc) is 2.52. The zero-order valence-corrected chi connectivity index (χ0v) is 16.1. The van der Waals surface area contributed by atoms with Gasteiger partial charge in [0, 0.05) is 17.4 Å². The second-order valence-corrected chi connectivity index (χ2v) is 10.4. The predicted molar refractivity (Wildman–Crippen MR) is 94.7 cm³/mol. The minimum Gasteiger partial charge on any atom is -0.466 e. The molecule has 4 aliphatic carbocycles. The van der Waals surface area contributed by atoms with E-state index in [0.717, 1.165) is 38.6 Å². The summed E-state index contributed by atoms with van der Waals surface area (Å²) in [6.07, 6.45) is 8.68. The Morgan fingerprint density at radius 3 is 2.54 bits per heavy atom. The molecule has 4 saturated carbocycles. The number of alkyl halides is 1. The van der Waals surface area contributed by atoms with Gasteiger partial charge in [-0.15, -0.1) is 0 Å². The molecule has 134 valence electrons. The van der Waals surface area contributed by atoms with Crippen LogP contribution in [0, 0.1) is 23.2 Å². The topological polar surface area (TPSA) is 46.6 Å². The van der Waals surface area contributed by atoms with Crippen molar-refractivity contribution in [2.24, 2.45) is 23.2 Å². The van der Waals surface area contributed by atoms with Gasteiger partial charge in [0.2, 0.25) is 5.91 Å². The van der Waals surface area contributed by atoms with Gasteiger partial charge >= 0.3 is 5.97 Å². The van der Waals surface area contributed by atoms with E-state index in [0.29, 0.717) is 30.9 Å². The van der Waals surface area contributed by atoms with Gasteiger partial charge in [-0.05, 0) is 70.1 Å². The van der Waals surface area contributed by atoms with Gasteiger partial charge in [0.15, 0.2) is 0 Å². The third-order valence-corrected chi connectivity index (χ3v) is 7.70. The zero-order chi connectivity index (χ0) is 16.9. The third kappa shape index (κ3) is 2.81. The molecule has 0 N–H and O–H groups in total. The van der Waals surface area contributed by atoms with Gasteiger partial charge in [0.25, 0.3) is 0 Å². The summed E-state index contributed by atoms with van der Waals surface area (Å²) in [6, 6.07) is 0. The van der Waals surface area contributed by atoms with E-state index in [2.05, 4.69) is 15.9 Å². The summed E-state index contributed by atoms with van der Waals surface area (Å²) in [5.74, 6) is 1.49. The molecular weight excluding hydrogens is 370 g/mol. The van der Waals surface area contributed by atoms with E-state index in [1.165, 1.54) is 19.3 Å². The molecular formula is C19H28BrNO3. The molecule has 3 unspecified atom stereocenters. The van der Waals surface area contributed by atoms with E-state index in [1.54, 1.807) is 0 Å². The first-order valence-corrected chi connectivity index (χ1v) is 10.4. The fourth-order valence-corrected chi connectivity index (χ4v) is 7.80. The first-order chi connectivity index (χ1) is 11.4. The number of likely N-dealkylation sites (tertiary alicyclic amines) is 1. The summed E-state index contributed by atoms with van der Waals surface area (Å²) in [7, 11) is 0. The Bertz CT molecular complexity index is 535. The number of carbonyl (C=O) groups excluding carboxylic acids is 2. The quantitative estimate of drug-likeness (QED) is 0.540. The molecule has 1 saturated heterocycles. The largest absolute Gasteiger partial charge is 0.466 e. The van der Waals surface area contributed by atoms with Crippen LogP contribution in [0.2, 0.25) is 0 Å². The molecule has 5 heteroatoms. The maximum atomic E-state index is 13.5. The maximum absolute atomic E-state index is 13.5. The van der Waals surface area contributed by atoms with E-state index in [1.807, 2.05) is 11.8 Å². The lowest BCUT2D eigenvalue weighted by Gasteiger charge is -2.60. The molecule has 0 spiro atoms. The van der Waals surface area contributed by atoms with Crippen LogP contribution in [-0.4, -0.2) is 40.8 Å². The molecule has 4 bridgehead atoms. The van der Waals surface area contributed by atoms with Crippen molar-refractivity contribution < 1.29 is 14.3 Å². The highest BCUT2D eigenvalue weighted by Gasteiger charge is 2.60. The molecule has 0 aromatic rings. The molecule has 3 atom stereocenters. The number of esters is 1.